The minimum absolute atomic E-state index is 0.0496. The van der Waals surface area contributed by atoms with Crippen LogP contribution in [0.5, 0.6) is 0 Å². The summed E-state index contributed by atoms with van der Waals surface area (Å²) in [6.07, 6.45) is -0.273. The van der Waals surface area contributed by atoms with Crippen LogP contribution < -0.4 is 5.32 Å². The van der Waals surface area contributed by atoms with Crippen molar-refractivity contribution in [2.75, 3.05) is 11.9 Å². The normalized spacial score (nSPS) is 19.6. The van der Waals surface area contributed by atoms with Gasteiger partial charge in [-0.1, -0.05) is 24.3 Å². The average molecular weight is 367 g/mol. The molecule has 5 nitrogen and oxygen atoms in total. The first kappa shape index (κ1) is 17.5. The highest BCUT2D eigenvalue weighted by atomic mass is 19.1. The summed E-state index contributed by atoms with van der Waals surface area (Å²) in [6.45, 7) is 4.09. The number of hydrogen-bond donors (Lipinski definition) is 1. The van der Waals surface area contributed by atoms with Crippen LogP contribution in [0.4, 0.5) is 16.1 Å². The van der Waals surface area contributed by atoms with Crippen molar-refractivity contribution >= 4 is 28.7 Å². The number of fused-ring (bicyclic) bond motifs is 1. The number of hydrogen-bond acceptors (Lipinski definition) is 4. The summed E-state index contributed by atoms with van der Waals surface area (Å²) in [7, 11) is 0. The van der Waals surface area contributed by atoms with E-state index >= 15 is 0 Å². The van der Waals surface area contributed by atoms with Crippen LogP contribution in [0.25, 0.3) is 11.1 Å². The summed E-state index contributed by atoms with van der Waals surface area (Å²) in [5.41, 5.74) is 4.20. The summed E-state index contributed by atoms with van der Waals surface area (Å²) in [6, 6.07) is 13.8. The number of aromatic nitrogens is 1. The number of carbonyl (C=O) groups excluding carboxylic acids is 1. The second-order valence-electron chi connectivity index (χ2n) is 7.17. The van der Waals surface area contributed by atoms with E-state index in [0.29, 0.717) is 18.0 Å². The highest BCUT2D eigenvalue weighted by Crippen LogP contribution is 2.26. The van der Waals surface area contributed by atoms with Crippen molar-refractivity contribution in [3.63, 3.8) is 0 Å². The van der Waals surface area contributed by atoms with Gasteiger partial charge in [0.25, 0.3) is 6.01 Å². The van der Waals surface area contributed by atoms with E-state index < -0.39 is 6.17 Å². The van der Waals surface area contributed by atoms with E-state index in [1.165, 1.54) is 0 Å². The summed E-state index contributed by atoms with van der Waals surface area (Å²) < 4.78 is 19.3. The van der Waals surface area contributed by atoms with Crippen LogP contribution in [0.15, 0.2) is 46.9 Å². The Morgan fingerprint density at radius 3 is 2.89 bits per heavy atom. The van der Waals surface area contributed by atoms with E-state index in [1.54, 1.807) is 4.90 Å². The number of aryl methyl sites for hydroxylation is 1. The van der Waals surface area contributed by atoms with Gasteiger partial charge in [-0.25, -0.2) is 4.39 Å². The number of halogens is 1. The number of likely N-dealkylation sites (tertiary alicyclic amines) is 1. The lowest BCUT2D eigenvalue weighted by Gasteiger charge is -2.20. The van der Waals surface area contributed by atoms with Crippen LogP contribution in [-0.4, -0.2) is 34.5 Å². The highest BCUT2D eigenvalue weighted by Gasteiger charge is 2.32. The maximum atomic E-state index is 13.5. The maximum absolute atomic E-state index is 13.5. The third kappa shape index (κ3) is 3.65. The molecule has 1 aromatic heterocycles. The van der Waals surface area contributed by atoms with Crippen molar-refractivity contribution in [3.05, 3.63) is 53.6 Å². The first-order valence-corrected chi connectivity index (χ1v) is 9.15. The molecule has 0 bridgehead atoms. The van der Waals surface area contributed by atoms with Crippen molar-refractivity contribution in [1.82, 2.24) is 9.88 Å². The van der Waals surface area contributed by atoms with Crippen molar-refractivity contribution in [3.8, 4) is 0 Å². The number of nitrogens with one attached hydrogen (secondary N) is 1. The smallest absolute Gasteiger partial charge is 0.300 e. The standard InChI is InChI=1S/C21H22FN3O2/c1-13-5-3-4-6-17(13)23-21-24-18-8-7-15(10-19(18)27-21)11-20(26)25-12-16(22)9-14(25)2/h3-8,10,14,16H,9,11-12H2,1-2H3,(H,23,24)/t14-,16+/m1/s1. The van der Waals surface area contributed by atoms with Gasteiger partial charge in [0.2, 0.25) is 5.91 Å². The molecule has 140 valence electrons. The Bertz CT molecular complexity index is 984. The molecule has 0 aliphatic carbocycles. The molecule has 0 unspecified atom stereocenters. The monoisotopic (exact) mass is 367 g/mol. The molecule has 1 saturated heterocycles. The van der Waals surface area contributed by atoms with Gasteiger partial charge in [-0.3, -0.25) is 4.79 Å². The van der Waals surface area contributed by atoms with Crippen LogP contribution in [0, 0.1) is 6.92 Å². The van der Waals surface area contributed by atoms with Crippen LogP contribution in [0.1, 0.15) is 24.5 Å². The lowest BCUT2D eigenvalue weighted by Crippen LogP contribution is -2.35. The number of carbonyl (C=O) groups is 1. The van der Waals surface area contributed by atoms with Crippen LogP contribution in [0.2, 0.25) is 0 Å². The number of para-hydroxylation sites is 1. The molecule has 6 heteroatoms. The van der Waals surface area contributed by atoms with Gasteiger partial charge in [0, 0.05) is 18.2 Å². The Morgan fingerprint density at radius 1 is 1.33 bits per heavy atom. The molecule has 27 heavy (non-hydrogen) atoms. The number of alkyl halides is 1. The SMILES string of the molecule is Cc1ccccc1Nc1nc2ccc(CC(=O)N3C[C@@H](F)C[C@H]3C)cc2o1. The number of nitrogens with zero attached hydrogens (tertiary/aromatic N) is 2. The molecule has 4 rings (SSSR count). The highest BCUT2D eigenvalue weighted by molar-refractivity contribution is 5.82. The Hall–Kier alpha value is -2.89. The van der Waals surface area contributed by atoms with Crippen molar-refractivity contribution in [1.29, 1.82) is 0 Å². The molecule has 1 fully saturated rings. The lowest BCUT2D eigenvalue weighted by atomic mass is 10.1. The summed E-state index contributed by atoms with van der Waals surface area (Å²) in [5.74, 6) is -0.0558. The number of anilines is 2. The van der Waals surface area contributed by atoms with Gasteiger partial charge in [0.1, 0.15) is 11.7 Å². The fourth-order valence-electron chi connectivity index (χ4n) is 3.55. The Kier molecular flexibility index (Phi) is 4.56. The molecule has 0 spiro atoms. The number of benzene rings is 2. The fourth-order valence-corrected chi connectivity index (χ4v) is 3.55. The Labute approximate surface area is 157 Å². The summed E-state index contributed by atoms with van der Waals surface area (Å²) in [5, 5.41) is 3.18. The summed E-state index contributed by atoms with van der Waals surface area (Å²) >= 11 is 0. The Balaban J connectivity index is 1.51. The predicted molar refractivity (Wildman–Crippen MR) is 103 cm³/mol. The van der Waals surface area contributed by atoms with E-state index in [2.05, 4.69) is 10.3 Å². The van der Waals surface area contributed by atoms with Crippen LogP contribution >= 0.6 is 0 Å². The first-order valence-electron chi connectivity index (χ1n) is 9.15. The van der Waals surface area contributed by atoms with Crippen LogP contribution in [-0.2, 0) is 11.2 Å². The molecule has 2 atom stereocenters. The van der Waals surface area contributed by atoms with E-state index in [1.807, 2.05) is 56.3 Å². The second kappa shape index (κ2) is 7.02. The molecular weight excluding hydrogens is 345 g/mol. The third-order valence-corrected chi connectivity index (χ3v) is 5.04. The minimum Gasteiger partial charge on any atom is -0.423 e. The summed E-state index contributed by atoms with van der Waals surface area (Å²) in [4.78, 5) is 18.6. The molecule has 1 aliphatic rings. The molecule has 0 radical (unpaired) electrons. The van der Waals surface area contributed by atoms with Gasteiger partial charge < -0.3 is 14.6 Å². The van der Waals surface area contributed by atoms with E-state index in [9.17, 15) is 9.18 Å². The third-order valence-electron chi connectivity index (χ3n) is 5.04. The number of amides is 1. The molecule has 0 saturated carbocycles. The van der Waals surface area contributed by atoms with E-state index in [-0.39, 0.29) is 24.9 Å². The second-order valence-corrected chi connectivity index (χ2v) is 7.17. The fraction of sp³-hybridized carbons (Fsp3) is 0.333. The number of oxazole rings is 1. The van der Waals surface area contributed by atoms with Gasteiger partial charge in [-0.05, 0) is 43.2 Å². The van der Waals surface area contributed by atoms with E-state index in [0.717, 1.165) is 22.3 Å². The molecule has 2 heterocycles. The van der Waals surface area contributed by atoms with Gasteiger partial charge in [0.05, 0.1) is 13.0 Å². The zero-order chi connectivity index (χ0) is 19.0. The molecule has 3 aromatic rings. The van der Waals surface area contributed by atoms with Gasteiger partial charge in [-0.2, -0.15) is 4.98 Å². The minimum atomic E-state index is -0.921. The molecule has 1 amide bonds. The van der Waals surface area contributed by atoms with Gasteiger partial charge in [-0.15, -0.1) is 0 Å². The molecule has 2 aromatic carbocycles. The van der Waals surface area contributed by atoms with Crippen molar-refractivity contribution < 1.29 is 13.6 Å². The lowest BCUT2D eigenvalue weighted by molar-refractivity contribution is -0.131. The van der Waals surface area contributed by atoms with Crippen molar-refractivity contribution in [2.45, 2.75) is 38.9 Å². The predicted octanol–water partition coefficient (Wildman–Crippen LogP) is 4.38. The van der Waals surface area contributed by atoms with E-state index in [4.69, 9.17) is 4.42 Å². The zero-order valence-electron chi connectivity index (χ0n) is 15.4. The maximum Gasteiger partial charge on any atom is 0.300 e. The van der Waals surface area contributed by atoms with Crippen molar-refractivity contribution in [2.24, 2.45) is 0 Å². The van der Waals surface area contributed by atoms with Gasteiger partial charge in [0.15, 0.2) is 5.58 Å². The molecular formula is C21H22FN3O2. The topological polar surface area (TPSA) is 58.4 Å². The largest absolute Gasteiger partial charge is 0.423 e. The average Bonchev–Trinajstić information content (AvgIpc) is 3.18. The molecule has 1 aliphatic heterocycles. The number of rotatable bonds is 4. The van der Waals surface area contributed by atoms with Gasteiger partial charge >= 0.3 is 0 Å². The van der Waals surface area contributed by atoms with Crippen LogP contribution in [0.3, 0.4) is 0 Å². The first-order chi connectivity index (χ1) is 13.0. The molecule has 1 N–H and O–H groups in total. The zero-order valence-corrected chi connectivity index (χ0v) is 15.4. The quantitative estimate of drug-likeness (QED) is 0.743. The Morgan fingerprint density at radius 2 is 2.15 bits per heavy atom.